The zero-order chi connectivity index (χ0) is 10.6. The molecule has 0 aromatic heterocycles. The third kappa shape index (κ3) is 2.39. The third-order valence-corrected chi connectivity index (χ3v) is 1.75. The highest BCUT2D eigenvalue weighted by Crippen LogP contribution is 2.25. The van der Waals surface area contributed by atoms with Gasteiger partial charge in [0.25, 0.3) is 0 Å². The number of ether oxygens (including phenoxy) is 1. The summed E-state index contributed by atoms with van der Waals surface area (Å²) in [5, 5.41) is 2.40. The van der Waals surface area contributed by atoms with E-state index < -0.39 is 6.09 Å². The van der Waals surface area contributed by atoms with Crippen LogP contribution in [-0.4, -0.2) is 27.2 Å². The average molecular weight is 194 g/mol. The maximum absolute atomic E-state index is 11.0. The number of carbonyl (C=O) groups is 1. The van der Waals surface area contributed by atoms with E-state index >= 15 is 0 Å². The molecule has 14 heavy (non-hydrogen) atoms. The summed E-state index contributed by atoms with van der Waals surface area (Å²) in [5.41, 5.74) is 0.871. The molecule has 0 heterocycles. The van der Waals surface area contributed by atoms with Gasteiger partial charge in [-0.15, -0.1) is 0 Å². The average Bonchev–Trinajstić information content (AvgIpc) is 2.18. The van der Waals surface area contributed by atoms with Gasteiger partial charge in [-0.2, -0.15) is 0 Å². The van der Waals surface area contributed by atoms with Crippen LogP contribution in [0.1, 0.15) is 0 Å². The molecule has 4 heteroatoms. The van der Waals surface area contributed by atoms with Gasteiger partial charge in [0, 0.05) is 21.1 Å². The molecule has 0 aliphatic rings. The molecule has 0 bridgehead atoms. The van der Waals surface area contributed by atoms with Gasteiger partial charge in [-0.1, -0.05) is 12.1 Å². The Morgan fingerprint density at radius 3 is 2.57 bits per heavy atom. The molecule has 0 atom stereocenters. The molecule has 0 radical (unpaired) electrons. The van der Waals surface area contributed by atoms with Crippen LogP contribution < -0.4 is 15.0 Å². The van der Waals surface area contributed by atoms with Crippen molar-refractivity contribution in [3.05, 3.63) is 24.3 Å². The van der Waals surface area contributed by atoms with Crippen LogP contribution in [0.5, 0.6) is 5.75 Å². The van der Waals surface area contributed by atoms with E-state index in [1.165, 1.54) is 7.05 Å². The van der Waals surface area contributed by atoms with Crippen molar-refractivity contribution in [3.63, 3.8) is 0 Å². The van der Waals surface area contributed by atoms with Crippen LogP contribution in [0.3, 0.4) is 0 Å². The minimum atomic E-state index is -0.459. The Morgan fingerprint density at radius 2 is 2.00 bits per heavy atom. The van der Waals surface area contributed by atoms with E-state index in [9.17, 15) is 4.79 Å². The molecule has 0 saturated heterocycles. The minimum Gasteiger partial charge on any atom is -0.408 e. The smallest absolute Gasteiger partial charge is 0.408 e. The van der Waals surface area contributed by atoms with E-state index in [1.807, 2.05) is 37.2 Å². The lowest BCUT2D eigenvalue weighted by Gasteiger charge is -2.16. The van der Waals surface area contributed by atoms with E-state index in [1.54, 1.807) is 6.07 Å². The predicted molar refractivity (Wildman–Crippen MR) is 55.9 cm³/mol. The summed E-state index contributed by atoms with van der Waals surface area (Å²) in [6.07, 6.45) is -0.459. The largest absolute Gasteiger partial charge is 0.412 e. The second-order valence-electron chi connectivity index (χ2n) is 3.00. The first-order chi connectivity index (χ1) is 6.65. The van der Waals surface area contributed by atoms with E-state index in [4.69, 9.17) is 4.74 Å². The number of rotatable bonds is 2. The van der Waals surface area contributed by atoms with Gasteiger partial charge in [0.05, 0.1) is 5.69 Å². The Kier molecular flexibility index (Phi) is 3.34. The lowest BCUT2D eigenvalue weighted by atomic mass is 10.3. The molecule has 76 valence electrons. The molecule has 1 N–H and O–H groups in total. The van der Waals surface area contributed by atoms with Crippen molar-refractivity contribution < 1.29 is 9.53 Å². The van der Waals surface area contributed by atoms with E-state index in [0.717, 1.165) is 5.69 Å². The van der Waals surface area contributed by atoms with Gasteiger partial charge < -0.3 is 15.0 Å². The van der Waals surface area contributed by atoms with Crippen molar-refractivity contribution in [3.8, 4) is 5.75 Å². The number of carbonyl (C=O) groups excluding carboxylic acids is 1. The number of benzene rings is 1. The van der Waals surface area contributed by atoms with Crippen molar-refractivity contribution in [2.24, 2.45) is 0 Å². The summed E-state index contributed by atoms with van der Waals surface area (Å²) in [5.74, 6) is 0.553. The molecule has 0 fully saturated rings. The number of anilines is 1. The molecule has 0 saturated carbocycles. The maximum atomic E-state index is 11.0. The fourth-order valence-electron chi connectivity index (χ4n) is 1.06. The zero-order valence-electron chi connectivity index (χ0n) is 8.57. The number of hydrogen-bond acceptors (Lipinski definition) is 3. The number of amides is 1. The highest BCUT2D eigenvalue weighted by Gasteiger charge is 2.07. The number of nitrogens with one attached hydrogen (secondary N) is 1. The quantitative estimate of drug-likeness (QED) is 0.775. The van der Waals surface area contributed by atoms with Crippen molar-refractivity contribution in [1.29, 1.82) is 0 Å². The summed E-state index contributed by atoms with van der Waals surface area (Å²) in [4.78, 5) is 12.9. The number of para-hydroxylation sites is 2. The molecule has 0 aliphatic carbocycles. The third-order valence-electron chi connectivity index (χ3n) is 1.75. The van der Waals surface area contributed by atoms with Gasteiger partial charge in [-0.05, 0) is 12.1 Å². The summed E-state index contributed by atoms with van der Waals surface area (Å²) in [6.45, 7) is 0. The van der Waals surface area contributed by atoms with Gasteiger partial charge in [0.15, 0.2) is 5.75 Å². The summed E-state index contributed by atoms with van der Waals surface area (Å²) >= 11 is 0. The predicted octanol–water partition coefficient (Wildman–Crippen LogP) is 1.47. The van der Waals surface area contributed by atoms with E-state index in [2.05, 4.69) is 5.32 Å². The number of hydrogen-bond donors (Lipinski definition) is 1. The molecule has 1 aromatic carbocycles. The molecule has 1 rings (SSSR count). The van der Waals surface area contributed by atoms with Crippen LogP contribution >= 0.6 is 0 Å². The number of nitrogens with zero attached hydrogens (tertiary/aromatic N) is 1. The Morgan fingerprint density at radius 1 is 1.36 bits per heavy atom. The summed E-state index contributed by atoms with van der Waals surface area (Å²) in [7, 11) is 5.32. The molecule has 4 nitrogen and oxygen atoms in total. The van der Waals surface area contributed by atoms with Crippen LogP contribution in [0.4, 0.5) is 10.5 Å². The Hall–Kier alpha value is -1.71. The fraction of sp³-hybridized carbons (Fsp3) is 0.300. The first kappa shape index (κ1) is 10.4. The first-order valence-corrected chi connectivity index (χ1v) is 4.31. The maximum Gasteiger partial charge on any atom is 0.412 e. The van der Waals surface area contributed by atoms with Crippen LogP contribution in [-0.2, 0) is 0 Å². The zero-order valence-corrected chi connectivity index (χ0v) is 8.57. The molecule has 1 amide bonds. The lowest BCUT2D eigenvalue weighted by molar-refractivity contribution is 0.203. The monoisotopic (exact) mass is 194 g/mol. The minimum absolute atomic E-state index is 0.459. The van der Waals surface area contributed by atoms with Crippen molar-refractivity contribution in [1.82, 2.24) is 5.32 Å². The van der Waals surface area contributed by atoms with Crippen LogP contribution in [0.25, 0.3) is 0 Å². The Labute approximate surface area is 83.5 Å². The van der Waals surface area contributed by atoms with Gasteiger partial charge in [0.1, 0.15) is 0 Å². The standard InChI is InChI=1S/C10H14N2O2/c1-11-10(13)14-9-7-5-4-6-8(9)12(2)3/h4-7H,1-3H3,(H,11,13). The van der Waals surface area contributed by atoms with Crippen LogP contribution in [0.15, 0.2) is 24.3 Å². The Balaban J connectivity index is 2.90. The molecule has 1 aromatic rings. The summed E-state index contributed by atoms with van der Waals surface area (Å²) < 4.78 is 5.06. The fourth-order valence-corrected chi connectivity index (χ4v) is 1.06. The highest BCUT2D eigenvalue weighted by atomic mass is 16.6. The normalized spacial score (nSPS) is 9.36. The molecule has 0 unspecified atom stereocenters. The van der Waals surface area contributed by atoms with Crippen molar-refractivity contribution >= 4 is 11.8 Å². The SMILES string of the molecule is CNC(=O)Oc1ccccc1N(C)C. The van der Waals surface area contributed by atoms with Gasteiger partial charge >= 0.3 is 6.09 Å². The molecule has 0 spiro atoms. The van der Waals surface area contributed by atoms with Gasteiger partial charge in [-0.3, -0.25) is 0 Å². The van der Waals surface area contributed by atoms with Gasteiger partial charge in [-0.25, -0.2) is 4.79 Å². The highest BCUT2D eigenvalue weighted by molar-refractivity contribution is 5.73. The van der Waals surface area contributed by atoms with Crippen molar-refractivity contribution in [2.45, 2.75) is 0 Å². The van der Waals surface area contributed by atoms with Gasteiger partial charge in [0.2, 0.25) is 0 Å². The second-order valence-corrected chi connectivity index (χ2v) is 3.00. The van der Waals surface area contributed by atoms with E-state index in [0.29, 0.717) is 5.75 Å². The van der Waals surface area contributed by atoms with E-state index in [-0.39, 0.29) is 0 Å². The lowest BCUT2D eigenvalue weighted by Crippen LogP contribution is -2.23. The topological polar surface area (TPSA) is 41.6 Å². The Bertz CT molecular complexity index is 324. The second kappa shape index (κ2) is 4.50. The van der Waals surface area contributed by atoms with Crippen molar-refractivity contribution in [2.75, 3.05) is 26.0 Å². The molecular formula is C10H14N2O2. The first-order valence-electron chi connectivity index (χ1n) is 4.31. The summed E-state index contributed by atoms with van der Waals surface area (Å²) in [6, 6.07) is 7.36. The van der Waals surface area contributed by atoms with Crippen LogP contribution in [0, 0.1) is 0 Å². The molecular weight excluding hydrogens is 180 g/mol. The van der Waals surface area contributed by atoms with Crippen LogP contribution in [0.2, 0.25) is 0 Å². The molecule has 0 aliphatic heterocycles.